The smallest absolute Gasteiger partial charge is 0.407 e. The van der Waals surface area contributed by atoms with Crippen LogP contribution in [0.25, 0.3) is 33.6 Å². The lowest BCUT2D eigenvalue weighted by Crippen LogP contribution is -2.51. The molecule has 2 saturated heterocycles. The highest BCUT2D eigenvalue weighted by molar-refractivity contribution is 5.90. The van der Waals surface area contributed by atoms with Crippen molar-refractivity contribution in [2.24, 2.45) is 5.92 Å². The second kappa shape index (κ2) is 16.9. The molecule has 0 spiro atoms. The fraction of sp³-hybridized carbons (Fsp3) is 0.410. The maximum Gasteiger partial charge on any atom is 0.407 e. The molecule has 0 aliphatic carbocycles. The van der Waals surface area contributed by atoms with Gasteiger partial charge < -0.3 is 45.0 Å². The van der Waals surface area contributed by atoms with Crippen LogP contribution in [0.3, 0.4) is 0 Å². The maximum absolute atomic E-state index is 13.5. The number of carboxylic acid groups (broad SMARTS) is 1. The monoisotopic (exact) mass is 754 g/mol. The summed E-state index contributed by atoms with van der Waals surface area (Å²) >= 11 is 0. The molecule has 4 amide bonds. The van der Waals surface area contributed by atoms with Crippen molar-refractivity contribution in [1.29, 1.82) is 0 Å². The molecule has 0 bridgehead atoms. The molecule has 290 valence electrons. The molecule has 4 atom stereocenters. The summed E-state index contributed by atoms with van der Waals surface area (Å²) in [5, 5.41) is 14.3. The Labute approximate surface area is 318 Å². The minimum atomic E-state index is -1.26. The number of carbonyl (C=O) groups is 5. The van der Waals surface area contributed by atoms with E-state index in [0.717, 1.165) is 53.6 Å². The number of hydrogen-bond acceptors (Lipinski definition) is 9. The minimum Gasteiger partial charge on any atom is -0.481 e. The Morgan fingerprint density at radius 2 is 1.16 bits per heavy atom. The topological polar surface area (TPSA) is 212 Å². The average molecular weight is 755 g/mol. The van der Waals surface area contributed by atoms with E-state index in [2.05, 4.69) is 35.3 Å². The Bertz CT molecular complexity index is 2010. The number of alkyl carbamates (subject to hydrolysis) is 2. The number of carbonyl (C=O) groups excluding carboxylic acids is 4. The van der Waals surface area contributed by atoms with Crippen LogP contribution in [-0.4, -0.2) is 104 Å². The van der Waals surface area contributed by atoms with Crippen LogP contribution < -0.4 is 10.6 Å². The van der Waals surface area contributed by atoms with Crippen LogP contribution in [0.4, 0.5) is 9.59 Å². The molecule has 16 heteroatoms. The highest BCUT2D eigenvalue weighted by Crippen LogP contribution is 2.35. The first-order valence-electron chi connectivity index (χ1n) is 18.3. The van der Waals surface area contributed by atoms with Crippen molar-refractivity contribution in [2.45, 2.75) is 70.1 Å². The van der Waals surface area contributed by atoms with E-state index in [0.29, 0.717) is 37.6 Å². The largest absolute Gasteiger partial charge is 0.481 e. The van der Waals surface area contributed by atoms with Crippen molar-refractivity contribution in [2.75, 3.05) is 27.3 Å². The molecular weight excluding hydrogens is 708 g/mol. The lowest BCUT2D eigenvalue weighted by atomic mass is 10.0. The average Bonchev–Trinajstić information content (AvgIpc) is 4.02. The Kier molecular flexibility index (Phi) is 11.8. The van der Waals surface area contributed by atoms with Gasteiger partial charge in [0.1, 0.15) is 23.7 Å². The maximum atomic E-state index is 13.5. The van der Waals surface area contributed by atoms with Crippen LogP contribution >= 0.6 is 0 Å². The number of amides is 4. The number of aliphatic carboxylic acids is 1. The molecule has 4 heterocycles. The fourth-order valence-electron chi connectivity index (χ4n) is 7.27. The van der Waals surface area contributed by atoms with E-state index >= 15 is 0 Å². The quantitative estimate of drug-likeness (QED) is 0.130. The number of benzene rings is 2. The van der Waals surface area contributed by atoms with E-state index < -0.39 is 48.6 Å². The summed E-state index contributed by atoms with van der Waals surface area (Å²) in [6.45, 7) is 4.76. The third-order valence-electron chi connectivity index (χ3n) is 10.2. The Morgan fingerprint density at radius 3 is 1.60 bits per heavy atom. The van der Waals surface area contributed by atoms with Gasteiger partial charge in [0.2, 0.25) is 11.8 Å². The van der Waals surface area contributed by atoms with Gasteiger partial charge in [-0.05, 0) is 53.9 Å². The zero-order valence-corrected chi connectivity index (χ0v) is 31.2. The molecule has 6 rings (SSSR count). The fourth-order valence-corrected chi connectivity index (χ4v) is 7.27. The van der Waals surface area contributed by atoms with E-state index in [1.165, 1.54) is 7.11 Å². The summed E-state index contributed by atoms with van der Waals surface area (Å²) in [6, 6.07) is 13.5. The van der Waals surface area contributed by atoms with Gasteiger partial charge in [-0.25, -0.2) is 19.6 Å². The number of aromatic amines is 2. The first kappa shape index (κ1) is 38.5. The number of carboxylic acids is 1. The molecule has 2 aliphatic rings. The highest BCUT2D eigenvalue weighted by atomic mass is 16.5. The number of likely N-dealkylation sites (tertiary alicyclic amines) is 2. The molecule has 0 radical (unpaired) electrons. The molecule has 2 aliphatic heterocycles. The number of nitrogens with zero attached hydrogens (tertiary/aromatic N) is 4. The third kappa shape index (κ3) is 8.63. The third-order valence-corrected chi connectivity index (χ3v) is 10.2. The second-order valence-electron chi connectivity index (χ2n) is 14.0. The van der Waals surface area contributed by atoms with Gasteiger partial charge in [-0.3, -0.25) is 14.4 Å². The number of H-pyrrole nitrogens is 2. The molecule has 2 aromatic carbocycles. The van der Waals surface area contributed by atoms with Gasteiger partial charge in [0.25, 0.3) is 0 Å². The van der Waals surface area contributed by atoms with Gasteiger partial charge in [-0.2, -0.15) is 0 Å². The molecule has 2 aromatic heterocycles. The molecule has 55 heavy (non-hydrogen) atoms. The standard InChI is InChI=1S/C39H46N8O8/c1-22(2)33(45-39(53)55-4)37(51)47-18-6-8-31(47)35-41-21-29(43-35)26-15-11-24(12-16-26)23-9-13-25(14-10-23)28-20-40-34(42-28)30-7-5-17-46(30)36(50)27(19-32(48)49)44-38(52)54-3/h9-16,20-22,27,30-31,33H,5-8,17-19H2,1-4H3,(H,40,42)(H,41,43)(H,44,52)(H,45,53)(H,48,49)/t27-,30-,31-,33-/m0/s1. The van der Waals surface area contributed by atoms with Crippen LogP contribution in [0.1, 0.15) is 69.7 Å². The van der Waals surface area contributed by atoms with Gasteiger partial charge in [-0.15, -0.1) is 0 Å². The van der Waals surface area contributed by atoms with E-state index in [1.807, 2.05) is 62.4 Å². The van der Waals surface area contributed by atoms with Crippen molar-refractivity contribution < 1.29 is 38.6 Å². The summed E-state index contributed by atoms with van der Waals surface area (Å²) in [5.74, 6) is -0.712. The van der Waals surface area contributed by atoms with Crippen molar-refractivity contribution in [3.05, 3.63) is 72.6 Å². The Balaban J connectivity index is 1.10. The first-order valence-corrected chi connectivity index (χ1v) is 18.3. The van der Waals surface area contributed by atoms with Crippen molar-refractivity contribution in [1.82, 2.24) is 40.4 Å². The predicted molar refractivity (Wildman–Crippen MR) is 200 cm³/mol. The molecule has 0 saturated carbocycles. The van der Waals surface area contributed by atoms with Gasteiger partial charge >= 0.3 is 18.2 Å². The number of imidazole rings is 2. The number of hydrogen-bond donors (Lipinski definition) is 5. The summed E-state index contributed by atoms with van der Waals surface area (Å²) in [4.78, 5) is 81.3. The number of aromatic nitrogens is 4. The minimum absolute atomic E-state index is 0.118. The van der Waals surface area contributed by atoms with Crippen molar-refractivity contribution >= 4 is 30.0 Å². The SMILES string of the molecule is COC(=O)N[C@@H](CC(=O)O)C(=O)N1CCC[C@H]1c1ncc(-c2ccc(-c3ccc(-c4cnc([C@@H]5CCCN5C(=O)[C@@H](NC(=O)OC)C(C)C)[nH]4)cc3)cc2)[nH]1. The lowest BCUT2D eigenvalue weighted by molar-refractivity contribution is -0.143. The number of methoxy groups -OCH3 is 2. The molecule has 0 unspecified atom stereocenters. The number of nitrogens with one attached hydrogen (secondary N) is 4. The Morgan fingerprint density at radius 1 is 0.727 bits per heavy atom. The van der Waals surface area contributed by atoms with Crippen molar-refractivity contribution in [3.8, 4) is 33.6 Å². The van der Waals surface area contributed by atoms with E-state index in [1.54, 1.807) is 22.2 Å². The molecule has 4 aromatic rings. The normalized spacial score (nSPS) is 17.8. The van der Waals surface area contributed by atoms with Crippen LogP contribution in [0.2, 0.25) is 0 Å². The lowest BCUT2D eigenvalue weighted by Gasteiger charge is -2.30. The summed E-state index contributed by atoms with van der Waals surface area (Å²) in [6.07, 6.45) is 4.34. The predicted octanol–water partition coefficient (Wildman–Crippen LogP) is 5.04. The summed E-state index contributed by atoms with van der Waals surface area (Å²) < 4.78 is 9.33. The first-order chi connectivity index (χ1) is 26.5. The van der Waals surface area contributed by atoms with E-state index in [9.17, 15) is 29.1 Å². The molecule has 2 fully saturated rings. The van der Waals surface area contributed by atoms with Crippen molar-refractivity contribution in [3.63, 3.8) is 0 Å². The van der Waals surface area contributed by atoms with Crippen LogP contribution in [0.5, 0.6) is 0 Å². The zero-order valence-electron chi connectivity index (χ0n) is 31.2. The van der Waals surface area contributed by atoms with Gasteiger partial charge in [0.05, 0.1) is 56.5 Å². The molecular formula is C39H46N8O8. The summed E-state index contributed by atoms with van der Waals surface area (Å²) in [5.41, 5.74) is 5.47. The van der Waals surface area contributed by atoms with Crippen LogP contribution in [-0.2, 0) is 23.9 Å². The van der Waals surface area contributed by atoms with Crippen LogP contribution in [0, 0.1) is 5.92 Å². The number of ether oxygens (including phenoxy) is 2. The second-order valence-corrected chi connectivity index (χ2v) is 14.0. The zero-order chi connectivity index (χ0) is 39.2. The van der Waals surface area contributed by atoms with E-state index in [-0.39, 0.29) is 17.9 Å². The summed E-state index contributed by atoms with van der Waals surface area (Å²) in [7, 11) is 2.43. The highest BCUT2D eigenvalue weighted by Gasteiger charge is 2.39. The molecule has 5 N–H and O–H groups in total. The Hall–Kier alpha value is -6.19. The van der Waals surface area contributed by atoms with Gasteiger partial charge in [0, 0.05) is 13.1 Å². The van der Waals surface area contributed by atoms with E-state index in [4.69, 9.17) is 4.74 Å². The van der Waals surface area contributed by atoms with Gasteiger partial charge in [0.15, 0.2) is 0 Å². The molecule has 16 nitrogen and oxygen atoms in total. The van der Waals surface area contributed by atoms with Gasteiger partial charge in [-0.1, -0.05) is 62.4 Å². The van der Waals surface area contributed by atoms with Crippen LogP contribution in [0.15, 0.2) is 60.9 Å². The number of rotatable bonds is 12.